The molecule has 0 saturated heterocycles. The summed E-state index contributed by atoms with van der Waals surface area (Å²) in [5.74, 6) is 0.819. The van der Waals surface area contributed by atoms with E-state index in [0.717, 1.165) is 34.7 Å². The molecule has 0 aromatic heterocycles. The molecule has 1 aromatic rings. The van der Waals surface area contributed by atoms with Gasteiger partial charge in [-0.25, -0.2) is 0 Å². The summed E-state index contributed by atoms with van der Waals surface area (Å²) in [5, 5.41) is 0.731. The zero-order chi connectivity index (χ0) is 13.0. The number of benzene rings is 1. The van der Waals surface area contributed by atoms with Gasteiger partial charge in [0.25, 0.3) is 0 Å². The summed E-state index contributed by atoms with van der Waals surface area (Å²) in [7, 11) is 0. The topological polar surface area (TPSA) is 35.2 Å². The van der Waals surface area contributed by atoms with Crippen molar-refractivity contribution in [1.29, 1.82) is 0 Å². The van der Waals surface area contributed by atoms with Gasteiger partial charge in [0.15, 0.2) is 0 Å². The first-order valence-electron chi connectivity index (χ1n) is 6.14. The van der Waals surface area contributed by atoms with Crippen molar-refractivity contribution in [2.45, 2.75) is 46.6 Å². The number of nitrogens with two attached hydrogens (primary N) is 1. The molecule has 0 aliphatic rings. The number of halogens is 1. The predicted octanol–water partition coefficient (Wildman–Crippen LogP) is 3.64. The van der Waals surface area contributed by atoms with Crippen molar-refractivity contribution in [3.63, 3.8) is 0 Å². The highest BCUT2D eigenvalue weighted by Crippen LogP contribution is 2.34. The Balaban J connectivity index is 3.08. The number of hydrogen-bond donors (Lipinski definition) is 1. The van der Waals surface area contributed by atoms with Crippen molar-refractivity contribution in [3.05, 3.63) is 27.8 Å². The SMILES string of the molecule is CCCOc1c(C)cc(CC(C)N)c(C)c1Cl. The quantitative estimate of drug-likeness (QED) is 0.872. The maximum absolute atomic E-state index is 6.36. The molecule has 0 aliphatic heterocycles. The van der Waals surface area contributed by atoms with Gasteiger partial charge in [-0.3, -0.25) is 0 Å². The Hall–Kier alpha value is -0.730. The normalized spacial score (nSPS) is 12.6. The van der Waals surface area contributed by atoms with Crippen LogP contribution in [0.3, 0.4) is 0 Å². The average Bonchev–Trinajstić information content (AvgIpc) is 2.25. The molecule has 1 aromatic carbocycles. The summed E-state index contributed by atoms with van der Waals surface area (Å²) < 4.78 is 5.69. The molecule has 2 nitrogen and oxygen atoms in total. The molecule has 0 fully saturated rings. The molecule has 0 heterocycles. The molecule has 0 spiro atoms. The molecule has 17 heavy (non-hydrogen) atoms. The zero-order valence-electron chi connectivity index (χ0n) is 11.1. The van der Waals surface area contributed by atoms with Crippen molar-refractivity contribution in [1.82, 2.24) is 0 Å². The lowest BCUT2D eigenvalue weighted by Crippen LogP contribution is -2.18. The molecule has 1 atom stereocenters. The van der Waals surface area contributed by atoms with Crippen LogP contribution in [0.25, 0.3) is 0 Å². The summed E-state index contributed by atoms with van der Waals surface area (Å²) in [5.41, 5.74) is 9.22. The van der Waals surface area contributed by atoms with E-state index >= 15 is 0 Å². The standard InChI is InChI=1S/C14H22ClNO/c1-5-6-17-14-9(2)7-12(8-10(3)16)11(4)13(14)15/h7,10H,5-6,8,16H2,1-4H3. The fourth-order valence-electron chi connectivity index (χ4n) is 1.86. The van der Waals surface area contributed by atoms with E-state index in [4.69, 9.17) is 22.1 Å². The minimum Gasteiger partial charge on any atom is -0.492 e. The van der Waals surface area contributed by atoms with E-state index in [1.165, 1.54) is 5.56 Å². The van der Waals surface area contributed by atoms with E-state index in [2.05, 4.69) is 13.0 Å². The summed E-state index contributed by atoms with van der Waals surface area (Å²) >= 11 is 6.36. The third-order valence-corrected chi connectivity index (χ3v) is 3.21. The van der Waals surface area contributed by atoms with Crippen LogP contribution in [0.15, 0.2) is 6.07 Å². The second-order valence-electron chi connectivity index (χ2n) is 4.65. The maximum atomic E-state index is 6.36. The van der Waals surface area contributed by atoms with Crippen LogP contribution in [-0.4, -0.2) is 12.6 Å². The van der Waals surface area contributed by atoms with E-state index in [1.807, 2.05) is 20.8 Å². The van der Waals surface area contributed by atoms with Gasteiger partial charge >= 0.3 is 0 Å². The van der Waals surface area contributed by atoms with Gasteiger partial charge in [0.1, 0.15) is 5.75 Å². The molecule has 0 saturated carbocycles. The van der Waals surface area contributed by atoms with E-state index < -0.39 is 0 Å². The van der Waals surface area contributed by atoms with Gasteiger partial charge in [0.2, 0.25) is 0 Å². The third kappa shape index (κ3) is 3.62. The lowest BCUT2D eigenvalue weighted by Gasteiger charge is -2.17. The predicted molar refractivity (Wildman–Crippen MR) is 74.1 cm³/mol. The van der Waals surface area contributed by atoms with E-state index in [-0.39, 0.29) is 6.04 Å². The number of hydrogen-bond acceptors (Lipinski definition) is 2. The zero-order valence-corrected chi connectivity index (χ0v) is 11.9. The fraction of sp³-hybridized carbons (Fsp3) is 0.571. The Bertz CT molecular complexity index is 388. The Morgan fingerprint density at radius 1 is 1.41 bits per heavy atom. The Morgan fingerprint density at radius 3 is 2.59 bits per heavy atom. The number of aryl methyl sites for hydroxylation is 1. The molecule has 0 amide bonds. The molecule has 3 heteroatoms. The number of ether oxygens (including phenoxy) is 1. The largest absolute Gasteiger partial charge is 0.492 e. The van der Waals surface area contributed by atoms with Gasteiger partial charge in [0.05, 0.1) is 11.6 Å². The Labute approximate surface area is 109 Å². The first kappa shape index (κ1) is 14.3. The summed E-state index contributed by atoms with van der Waals surface area (Å²) in [6, 6.07) is 2.28. The van der Waals surface area contributed by atoms with E-state index in [0.29, 0.717) is 6.61 Å². The molecular formula is C14H22ClNO. The van der Waals surface area contributed by atoms with Gasteiger partial charge in [0, 0.05) is 6.04 Å². The highest BCUT2D eigenvalue weighted by Gasteiger charge is 2.13. The minimum atomic E-state index is 0.145. The summed E-state index contributed by atoms with van der Waals surface area (Å²) in [6.45, 7) is 8.84. The van der Waals surface area contributed by atoms with E-state index in [1.54, 1.807) is 0 Å². The molecular weight excluding hydrogens is 234 g/mol. The smallest absolute Gasteiger partial charge is 0.141 e. The van der Waals surface area contributed by atoms with Crippen molar-refractivity contribution in [2.24, 2.45) is 5.73 Å². The lowest BCUT2D eigenvalue weighted by atomic mass is 9.99. The van der Waals surface area contributed by atoms with Crippen LogP contribution < -0.4 is 10.5 Å². The first-order valence-corrected chi connectivity index (χ1v) is 6.52. The molecule has 0 bridgehead atoms. The molecule has 1 rings (SSSR count). The average molecular weight is 256 g/mol. The second kappa shape index (κ2) is 6.27. The first-order chi connectivity index (χ1) is 7.97. The van der Waals surface area contributed by atoms with Gasteiger partial charge in [-0.05, 0) is 50.3 Å². The monoisotopic (exact) mass is 255 g/mol. The molecule has 2 N–H and O–H groups in total. The van der Waals surface area contributed by atoms with Crippen LogP contribution >= 0.6 is 11.6 Å². The van der Waals surface area contributed by atoms with Crippen LogP contribution in [-0.2, 0) is 6.42 Å². The van der Waals surface area contributed by atoms with Crippen LogP contribution in [0.2, 0.25) is 5.02 Å². The van der Waals surface area contributed by atoms with Gasteiger partial charge in [-0.15, -0.1) is 0 Å². The van der Waals surface area contributed by atoms with Crippen molar-refractivity contribution in [2.75, 3.05) is 6.61 Å². The van der Waals surface area contributed by atoms with Crippen LogP contribution in [0.1, 0.15) is 37.0 Å². The summed E-state index contributed by atoms with van der Waals surface area (Å²) in [4.78, 5) is 0. The van der Waals surface area contributed by atoms with Crippen molar-refractivity contribution >= 4 is 11.6 Å². The molecule has 0 aliphatic carbocycles. The highest BCUT2D eigenvalue weighted by atomic mass is 35.5. The van der Waals surface area contributed by atoms with Crippen LogP contribution in [0, 0.1) is 13.8 Å². The van der Waals surface area contributed by atoms with Crippen molar-refractivity contribution < 1.29 is 4.74 Å². The Morgan fingerprint density at radius 2 is 2.06 bits per heavy atom. The van der Waals surface area contributed by atoms with Crippen molar-refractivity contribution in [3.8, 4) is 5.75 Å². The van der Waals surface area contributed by atoms with Gasteiger partial charge in [-0.1, -0.05) is 24.6 Å². The lowest BCUT2D eigenvalue weighted by molar-refractivity contribution is 0.315. The molecule has 0 radical (unpaired) electrons. The fourth-order valence-corrected chi connectivity index (χ4v) is 2.18. The third-order valence-electron chi connectivity index (χ3n) is 2.75. The van der Waals surface area contributed by atoms with Gasteiger partial charge < -0.3 is 10.5 Å². The molecule has 96 valence electrons. The molecule has 1 unspecified atom stereocenters. The minimum absolute atomic E-state index is 0.145. The summed E-state index contributed by atoms with van der Waals surface area (Å²) in [6.07, 6.45) is 1.83. The number of rotatable bonds is 5. The van der Waals surface area contributed by atoms with Crippen LogP contribution in [0.5, 0.6) is 5.75 Å². The second-order valence-corrected chi connectivity index (χ2v) is 5.03. The Kier molecular flexibility index (Phi) is 5.29. The van der Waals surface area contributed by atoms with Crippen LogP contribution in [0.4, 0.5) is 0 Å². The van der Waals surface area contributed by atoms with Gasteiger partial charge in [-0.2, -0.15) is 0 Å². The van der Waals surface area contributed by atoms with E-state index in [9.17, 15) is 0 Å². The maximum Gasteiger partial charge on any atom is 0.141 e. The highest BCUT2D eigenvalue weighted by molar-refractivity contribution is 6.33.